The van der Waals surface area contributed by atoms with Gasteiger partial charge in [0.1, 0.15) is 24.1 Å². The number of thiazole rings is 1. The zero-order chi connectivity index (χ0) is 30.2. The van der Waals surface area contributed by atoms with Gasteiger partial charge in [0.05, 0.1) is 36.1 Å². The first-order chi connectivity index (χ1) is 20.4. The second-order valence-corrected chi connectivity index (χ2v) is 10.7. The number of esters is 1. The number of carbonyl (C=O) groups excluding carboxylic acids is 1. The summed E-state index contributed by atoms with van der Waals surface area (Å²) in [5.41, 5.74) is 3.02. The number of allylic oxidation sites excluding steroid dienone is 1. The lowest BCUT2D eigenvalue weighted by Gasteiger charge is -2.26. The van der Waals surface area contributed by atoms with Crippen molar-refractivity contribution in [3.8, 4) is 11.5 Å². The van der Waals surface area contributed by atoms with Gasteiger partial charge in [0.25, 0.3) is 5.56 Å². The number of nitrogens with zero attached hydrogens (tertiary/aromatic N) is 3. The van der Waals surface area contributed by atoms with Crippen molar-refractivity contribution in [1.29, 1.82) is 0 Å². The summed E-state index contributed by atoms with van der Waals surface area (Å²) in [5.74, 6) is 0.717. The Kier molecular flexibility index (Phi) is 10.6. The molecule has 9 nitrogen and oxygen atoms in total. The van der Waals surface area contributed by atoms with Gasteiger partial charge < -0.3 is 23.8 Å². The molecule has 2 heterocycles. The number of fused-ring (bicyclic) bond motifs is 1. The van der Waals surface area contributed by atoms with Crippen molar-refractivity contribution in [3.63, 3.8) is 0 Å². The summed E-state index contributed by atoms with van der Waals surface area (Å²) < 4.78 is 24.4. The number of rotatable bonds is 13. The number of hydrogen-bond acceptors (Lipinski definition) is 9. The molecule has 1 aliphatic heterocycles. The van der Waals surface area contributed by atoms with Crippen LogP contribution in [0.5, 0.6) is 11.5 Å². The topological polar surface area (TPSA) is 91.6 Å². The van der Waals surface area contributed by atoms with Crippen LogP contribution in [0.4, 0.5) is 5.69 Å². The van der Waals surface area contributed by atoms with E-state index in [-0.39, 0.29) is 18.8 Å². The van der Waals surface area contributed by atoms with Crippen LogP contribution in [0.25, 0.3) is 6.08 Å². The van der Waals surface area contributed by atoms with Gasteiger partial charge in [-0.2, -0.15) is 0 Å². The smallest absolute Gasteiger partial charge is 0.338 e. The van der Waals surface area contributed by atoms with Gasteiger partial charge in [-0.3, -0.25) is 9.36 Å². The molecule has 42 heavy (non-hydrogen) atoms. The van der Waals surface area contributed by atoms with Gasteiger partial charge in [-0.15, -0.1) is 0 Å². The SMILES string of the molecule is CCCOc1ccccc1[C@H]1C(C(=O)OCCOC)=C(C)N=c2s/c(=C/c3ccc(N(CC)CC)cc3OC)c(=O)n21. The molecular formula is C32H39N3O6S. The largest absolute Gasteiger partial charge is 0.496 e. The maximum absolute atomic E-state index is 14.1. The van der Waals surface area contributed by atoms with Crippen LogP contribution >= 0.6 is 11.3 Å². The molecule has 224 valence electrons. The summed E-state index contributed by atoms with van der Waals surface area (Å²) in [4.78, 5) is 35.0. The Morgan fingerprint density at radius 3 is 2.50 bits per heavy atom. The number of ether oxygens (including phenoxy) is 4. The molecule has 0 radical (unpaired) electrons. The Hall–Kier alpha value is -3.89. The van der Waals surface area contributed by atoms with E-state index < -0.39 is 12.0 Å². The molecule has 2 aromatic carbocycles. The van der Waals surface area contributed by atoms with Crippen LogP contribution in [0.3, 0.4) is 0 Å². The van der Waals surface area contributed by atoms with Crippen LogP contribution in [0.1, 0.15) is 51.3 Å². The Bertz CT molecular complexity index is 1620. The monoisotopic (exact) mass is 593 g/mol. The number of methoxy groups -OCH3 is 2. The maximum Gasteiger partial charge on any atom is 0.338 e. The number of hydrogen-bond donors (Lipinski definition) is 0. The summed E-state index contributed by atoms with van der Waals surface area (Å²) in [7, 11) is 3.16. The first-order valence-corrected chi connectivity index (χ1v) is 15.0. The van der Waals surface area contributed by atoms with Crippen LogP contribution in [0.2, 0.25) is 0 Å². The molecule has 0 N–H and O–H groups in total. The summed E-state index contributed by atoms with van der Waals surface area (Å²) in [6.07, 6.45) is 2.63. The van der Waals surface area contributed by atoms with Crippen molar-refractivity contribution in [3.05, 3.63) is 84.5 Å². The van der Waals surface area contributed by atoms with Gasteiger partial charge in [-0.1, -0.05) is 36.5 Å². The summed E-state index contributed by atoms with van der Waals surface area (Å²) in [6, 6.07) is 12.7. The van der Waals surface area contributed by atoms with E-state index in [0.29, 0.717) is 44.3 Å². The fraction of sp³-hybridized carbons (Fsp3) is 0.406. The van der Waals surface area contributed by atoms with Gasteiger partial charge in [0, 0.05) is 43.1 Å². The number of carbonyl (C=O) groups is 1. The highest BCUT2D eigenvalue weighted by Gasteiger charge is 2.35. The molecule has 3 aromatic rings. The van der Waals surface area contributed by atoms with Crippen LogP contribution < -0.4 is 29.3 Å². The van der Waals surface area contributed by atoms with Crippen molar-refractivity contribution >= 4 is 29.1 Å². The van der Waals surface area contributed by atoms with Gasteiger partial charge >= 0.3 is 5.97 Å². The molecule has 0 saturated carbocycles. The molecule has 0 spiro atoms. The number of anilines is 1. The van der Waals surface area contributed by atoms with Gasteiger partial charge in [0.15, 0.2) is 4.80 Å². The van der Waals surface area contributed by atoms with Crippen LogP contribution in [-0.2, 0) is 14.3 Å². The maximum atomic E-state index is 14.1. The standard InChI is InChI=1S/C32H39N3O6S/c1-7-16-40-25-13-11-10-12-24(25)29-28(31(37)41-18-17-38-5)21(4)33-32-35(29)30(36)27(42-32)19-22-14-15-23(20-26(22)39-6)34(8-2)9-3/h10-15,19-20,29H,7-9,16-18H2,1-6H3/b27-19+/t29-/m0/s1. The number of para-hydroxylation sites is 1. The Balaban J connectivity index is 1.90. The van der Waals surface area contributed by atoms with Crippen molar-refractivity contribution < 1.29 is 23.7 Å². The summed E-state index contributed by atoms with van der Waals surface area (Å²) >= 11 is 1.27. The molecule has 1 aliphatic rings. The molecule has 0 unspecified atom stereocenters. The van der Waals surface area contributed by atoms with E-state index in [4.69, 9.17) is 23.9 Å². The van der Waals surface area contributed by atoms with Crippen molar-refractivity contribution in [1.82, 2.24) is 4.57 Å². The van der Waals surface area contributed by atoms with E-state index in [2.05, 4.69) is 18.7 Å². The molecule has 0 saturated heterocycles. The normalized spacial score (nSPS) is 14.8. The van der Waals surface area contributed by atoms with Gasteiger partial charge in [-0.05, 0) is 51.5 Å². The minimum atomic E-state index is -0.779. The fourth-order valence-electron chi connectivity index (χ4n) is 4.97. The van der Waals surface area contributed by atoms with Gasteiger partial charge in [0.2, 0.25) is 0 Å². The molecule has 4 rings (SSSR count). The van der Waals surface area contributed by atoms with Crippen LogP contribution in [-0.4, -0.2) is 57.7 Å². The van der Waals surface area contributed by atoms with E-state index in [1.807, 2.05) is 55.5 Å². The minimum absolute atomic E-state index is 0.0838. The molecule has 0 amide bonds. The predicted octanol–water partition coefficient (Wildman–Crippen LogP) is 4.07. The second kappa shape index (κ2) is 14.3. The third-order valence-electron chi connectivity index (χ3n) is 7.07. The molecule has 0 fully saturated rings. The molecule has 0 aliphatic carbocycles. The number of aromatic nitrogens is 1. The molecule has 10 heteroatoms. The van der Waals surface area contributed by atoms with Crippen LogP contribution in [0.15, 0.2) is 63.5 Å². The summed E-state index contributed by atoms with van der Waals surface area (Å²) in [5, 5.41) is 0. The van der Waals surface area contributed by atoms with Crippen molar-refractivity contribution in [2.75, 3.05) is 52.0 Å². The second-order valence-electron chi connectivity index (χ2n) is 9.70. The molecule has 0 bridgehead atoms. The van der Waals surface area contributed by atoms with Crippen molar-refractivity contribution in [2.24, 2.45) is 4.99 Å². The third kappa shape index (κ3) is 6.44. The van der Waals surface area contributed by atoms with E-state index in [0.717, 1.165) is 30.8 Å². The molecular weight excluding hydrogens is 554 g/mol. The quantitative estimate of drug-likeness (QED) is 0.218. The highest BCUT2D eigenvalue weighted by molar-refractivity contribution is 7.07. The van der Waals surface area contributed by atoms with E-state index in [9.17, 15) is 9.59 Å². The Labute approximate surface area is 250 Å². The van der Waals surface area contributed by atoms with Gasteiger partial charge in [-0.25, -0.2) is 9.79 Å². The Morgan fingerprint density at radius 1 is 1.05 bits per heavy atom. The lowest BCUT2D eigenvalue weighted by Crippen LogP contribution is -2.40. The highest BCUT2D eigenvalue weighted by atomic mass is 32.1. The summed E-state index contributed by atoms with van der Waals surface area (Å²) in [6.45, 7) is 10.6. The first-order valence-electron chi connectivity index (χ1n) is 14.2. The Morgan fingerprint density at radius 2 is 1.81 bits per heavy atom. The zero-order valence-electron chi connectivity index (χ0n) is 25.1. The zero-order valence-corrected chi connectivity index (χ0v) is 26.0. The van der Waals surface area contributed by atoms with Crippen LogP contribution in [0, 0.1) is 0 Å². The average molecular weight is 594 g/mol. The highest BCUT2D eigenvalue weighted by Crippen LogP contribution is 2.36. The third-order valence-corrected chi connectivity index (χ3v) is 8.05. The lowest BCUT2D eigenvalue weighted by molar-refractivity contribution is -0.140. The predicted molar refractivity (Wildman–Crippen MR) is 165 cm³/mol. The van der Waals surface area contributed by atoms with E-state index >= 15 is 0 Å². The fourth-order valence-corrected chi connectivity index (χ4v) is 6.01. The van der Waals surface area contributed by atoms with Crippen molar-refractivity contribution in [2.45, 2.75) is 40.2 Å². The average Bonchev–Trinajstić information content (AvgIpc) is 3.30. The minimum Gasteiger partial charge on any atom is -0.496 e. The molecule has 1 aromatic heterocycles. The molecule has 1 atom stereocenters. The van der Waals surface area contributed by atoms with E-state index in [1.165, 1.54) is 11.3 Å². The first kappa shape index (κ1) is 31.1. The number of benzene rings is 2. The lowest BCUT2D eigenvalue weighted by atomic mass is 9.95. The van der Waals surface area contributed by atoms with E-state index in [1.54, 1.807) is 25.7 Å².